The van der Waals surface area contributed by atoms with Crippen molar-refractivity contribution in [3.8, 4) is 0 Å². The monoisotopic (exact) mass is 223 g/mol. The fraction of sp³-hybridized carbons (Fsp3) is 0.750. The third kappa shape index (κ3) is 2.44. The number of nitrogens with zero attached hydrogens (tertiary/aromatic N) is 2. The molecule has 0 aliphatic heterocycles. The van der Waals surface area contributed by atoms with Crippen molar-refractivity contribution in [2.24, 2.45) is 5.73 Å². The predicted molar refractivity (Wildman–Crippen MR) is 63.2 cm³/mol. The fourth-order valence-corrected chi connectivity index (χ4v) is 2.19. The number of hydrogen-bond donors (Lipinski definition) is 2. The summed E-state index contributed by atoms with van der Waals surface area (Å²) in [6, 6.07) is 0. The molecular weight excluding hydrogens is 202 g/mol. The second-order valence-corrected chi connectivity index (χ2v) is 4.99. The largest absolute Gasteiger partial charge is 0.389 e. The standard InChI is InChI=1S/C12H21N3O/c1-12(16,8-13)6-7-15-9-14-10-4-2-3-5-11(10)15/h9,16H,2-8,13H2,1H3. The lowest BCUT2D eigenvalue weighted by atomic mass is 10.00. The second-order valence-electron chi connectivity index (χ2n) is 4.99. The summed E-state index contributed by atoms with van der Waals surface area (Å²) in [6.07, 6.45) is 7.33. The molecule has 0 spiro atoms. The van der Waals surface area contributed by atoms with Gasteiger partial charge in [-0.05, 0) is 39.0 Å². The Kier molecular flexibility index (Phi) is 3.30. The molecule has 4 nitrogen and oxygen atoms in total. The zero-order chi connectivity index (χ0) is 11.6. The van der Waals surface area contributed by atoms with E-state index in [1.165, 1.54) is 24.2 Å². The molecule has 1 aromatic rings. The van der Waals surface area contributed by atoms with Crippen molar-refractivity contribution in [2.45, 2.75) is 51.2 Å². The molecule has 1 atom stereocenters. The summed E-state index contributed by atoms with van der Waals surface area (Å²) in [5.74, 6) is 0. The molecule has 1 unspecified atom stereocenters. The van der Waals surface area contributed by atoms with Crippen LogP contribution in [-0.4, -0.2) is 26.8 Å². The average Bonchev–Trinajstić information content (AvgIpc) is 2.70. The van der Waals surface area contributed by atoms with Crippen molar-refractivity contribution in [3.63, 3.8) is 0 Å². The first-order chi connectivity index (χ1) is 7.62. The molecule has 1 aliphatic carbocycles. The molecule has 90 valence electrons. The van der Waals surface area contributed by atoms with Gasteiger partial charge in [-0.2, -0.15) is 0 Å². The predicted octanol–water partition coefficient (Wildman–Crippen LogP) is 0.862. The van der Waals surface area contributed by atoms with Gasteiger partial charge in [0.1, 0.15) is 0 Å². The van der Waals surface area contributed by atoms with Crippen LogP contribution in [0, 0.1) is 0 Å². The zero-order valence-electron chi connectivity index (χ0n) is 9.95. The number of imidazole rings is 1. The first-order valence-electron chi connectivity index (χ1n) is 6.08. The third-order valence-electron chi connectivity index (χ3n) is 3.44. The SMILES string of the molecule is CC(O)(CN)CCn1cnc2c1CCCC2. The summed E-state index contributed by atoms with van der Waals surface area (Å²) in [6.45, 7) is 2.91. The van der Waals surface area contributed by atoms with Crippen LogP contribution in [0.15, 0.2) is 6.33 Å². The lowest BCUT2D eigenvalue weighted by molar-refractivity contribution is 0.0551. The topological polar surface area (TPSA) is 64.1 Å². The highest BCUT2D eigenvalue weighted by atomic mass is 16.3. The Labute approximate surface area is 96.5 Å². The zero-order valence-corrected chi connectivity index (χ0v) is 9.95. The van der Waals surface area contributed by atoms with Gasteiger partial charge in [-0.1, -0.05) is 0 Å². The van der Waals surface area contributed by atoms with E-state index in [4.69, 9.17) is 5.73 Å². The van der Waals surface area contributed by atoms with Crippen LogP contribution in [0.25, 0.3) is 0 Å². The fourth-order valence-electron chi connectivity index (χ4n) is 2.19. The molecule has 0 saturated carbocycles. The van der Waals surface area contributed by atoms with Crippen molar-refractivity contribution in [2.75, 3.05) is 6.54 Å². The minimum Gasteiger partial charge on any atom is -0.389 e. The van der Waals surface area contributed by atoms with Crippen LogP contribution in [0.2, 0.25) is 0 Å². The van der Waals surface area contributed by atoms with Crippen LogP contribution in [0.1, 0.15) is 37.6 Å². The van der Waals surface area contributed by atoms with Crippen LogP contribution in [0.5, 0.6) is 0 Å². The Morgan fingerprint density at radius 3 is 3.00 bits per heavy atom. The van der Waals surface area contributed by atoms with Gasteiger partial charge in [0, 0.05) is 18.8 Å². The Bertz CT molecular complexity index is 357. The van der Waals surface area contributed by atoms with Crippen LogP contribution < -0.4 is 5.73 Å². The summed E-state index contributed by atoms with van der Waals surface area (Å²) in [4.78, 5) is 4.43. The van der Waals surface area contributed by atoms with E-state index in [-0.39, 0.29) is 0 Å². The van der Waals surface area contributed by atoms with Crippen molar-refractivity contribution in [1.82, 2.24) is 9.55 Å². The van der Waals surface area contributed by atoms with E-state index in [0.717, 1.165) is 19.4 Å². The van der Waals surface area contributed by atoms with E-state index in [1.807, 2.05) is 6.33 Å². The number of aliphatic hydroxyl groups is 1. The quantitative estimate of drug-likeness (QED) is 0.796. The van der Waals surface area contributed by atoms with E-state index < -0.39 is 5.60 Å². The van der Waals surface area contributed by atoms with Gasteiger partial charge in [-0.3, -0.25) is 0 Å². The van der Waals surface area contributed by atoms with Crippen LogP contribution in [0.4, 0.5) is 0 Å². The second kappa shape index (κ2) is 4.55. The molecule has 1 aliphatic rings. The number of nitrogens with two attached hydrogens (primary N) is 1. The molecule has 0 amide bonds. The van der Waals surface area contributed by atoms with Gasteiger partial charge < -0.3 is 15.4 Å². The average molecular weight is 223 g/mol. The number of aryl methyl sites for hydroxylation is 2. The van der Waals surface area contributed by atoms with Gasteiger partial charge in [0.15, 0.2) is 0 Å². The van der Waals surface area contributed by atoms with E-state index in [9.17, 15) is 5.11 Å². The van der Waals surface area contributed by atoms with E-state index in [1.54, 1.807) is 6.92 Å². The van der Waals surface area contributed by atoms with Crippen LogP contribution in [-0.2, 0) is 19.4 Å². The molecule has 0 saturated heterocycles. The lowest BCUT2D eigenvalue weighted by Gasteiger charge is -2.22. The molecule has 0 aromatic carbocycles. The normalized spacial score (nSPS) is 19.2. The molecule has 16 heavy (non-hydrogen) atoms. The minimum absolute atomic E-state index is 0.309. The highest BCUT2D eigenvalue weighted by Gasteiger charge is 2.20. The number of aromatic nitrogens is 2. The Morgan fingerprint density at radius 2 is 2.25 bits per heavy atom. The molecule has 0 fully saturated rings. The molecule has 2 rings (SSSR count). The highest BCUT2D eigenvalue weighted by molar-refractivity contribution is 5.16. The molecule has 0 radical (unpaired) electrons. The summed E-state index contributed by atoms with van der Waals surface area (Å²) < 4.78 is 2.18. The van der Waals surface area contributed by atoms with Gasteiger partial charge >= 0.3 is 0 Å². The maximum atomic E-state index is 9.87. The van der Waals surface area contributed by atoms with Crippen molar-refractivity contribution in [1.29, 1.82) is 0 Å². The van der Waals surface area contributed by atoms with Gasteiger partial charge in [-0.25, -0.2) is 4.98 Å². The molecule has 1 aromatic heterocycles. The van der Waals surface area contributed by atoms with E-state index >= 15 is 0 Å². The molecule has 3 N–H and O–H groups in total. The Hall–Kier alpha value is -0.870. The molecule has 1 heterocycles. The maximum Gasteiger partial charge on any atom is 0.0951 e. The van der Waals surface area contributed by atoms with Gasteiger partial charge in [0.05, 0.1) is 17.6 Å². The van der Waals surface area contributed by atoms with Crippen LogP contribution >= 0.6 is 0 Å². The van der Waals surface area contributed by atoms with Crippen molar-refractivity contribution in [3.05, 3.63) is 17.7 Å². The van der Waals surface area contributed by atoms with Gasteiger partial charge in [0.25, 0.3) is 0 Å². The summed E-state index contributed by atoms with van der Waals surface area (Å²) in [7, 11) is 0. The molecular formula is C12H21N3O. The number of hydrogen-bond acceptors (Lipinski definition) is 3. The smallest absolute Gasteiger partial charge is 0.0951 e. The highest BCUT2D eigenvalue weighted by Crippen LogP contribution is 2.21. The number of rotatable bonds is 4. The van der Waals surface area contributed by atoms with E-state index in [2.05, 4.69) is 9.55 Å². The Balaban J connectivity index is 2.02. The molecule has 0 bridgehead atoms. The lowest BCUT2D eigenvalue weighted by Crippen LogP contribution is -2.35. The minimum atomic E-state index is -0.758. The summed E-state index contributed by atoms with van der Waals surface area (Å²) in [5.41, 5.74) is 7.36. The van der Waals surface area contributed by atoms with Crippen molar-refractivity contribution < 1.29 is 5.11 Å². The first kappa shape index (κ1) is 11.6. The molecule has 4 heteroatoms. The summed E-state index contributed by atoms with van der Waals surface area (Å²) in [5, 5.41) is 9.87. The third-order valence-corrected chi connectivity index (χ3v) is 3.44. The van der Waals surface area contributed by atoms with Crippen LogP contribution in [0.3, 0.4) is 0 Å². The van der Waals surface area contributed by atoms with E-state index in [0.29, 0.717) is 13.0 Å². The van der Waals surface area contributed by atoms with Gasteiger partial charge in [-0.15, -0.1) is 0 Å². The number of fused-ring (bicyclic) bond motifs is 1. The van der Waals surface area contributed by atoms with Crippen molar-refractivity contribution >= 4 is 0 Å². The maximum absolute atomic E-state index is 9.87. The van der Waals surface area contributed by atoms with Gasteiger partial charge in [0.2, 0.25) is 0 Å². The first-order valence-corrected chi connectivity index (χ1v) is 6.08. The summed E-state index contributed by atoms with van der Waals surface area (Å²) >= 11 is 0. The Morgan fingerprint density at radius 1 is 1.50 bits per heavy atom.